The molecule has 1 N–H and O–H groups in total. The third-order valence-corrected chi connectivity index (χ3v) is 12.9. The maximum absolute atomic E-state index is 5.10. The van der Waals surface area contributed by atoms with E-state index in [-0.39, 0.29) is 10.8 Å². The predicted molar refractivity (Wildman–Crippen MR) is 266 cm³/mol. The first-order valence-electron chi connectivity index (χ1n) is 22.0. The highest BCUT2D eigenvalue weighted by Crippen LogP contribution is 2.46. The van der Waals surface area contributed by atoms with Crippen LogP contribution in [0.4, 0.5) is 0 Å². The second-order valence-electron chi connectivity index (χ2n) is 19.6. The van der Waals surface area contributed by atoms with Gasteiger partial charge >= 0.3 is 0 Å². The number of para-hydroxylation sites is 1. The molecule has 3 aromatic heterocycles. The second-order valence-corrected chi connectivity index (χ2v) is 19.6. The van der Waals surface area contributed by atoms with Crippen LogP contribution in [0.3, 0.4) is 0 Å². The van der Waals surface area contributed by atoms with Crippen molar-refractivity contribution in [3.05, 3.63) is 186 Å². The smallest absolute Gasteiger partial charge is 0.164 e. The van der Waals surface area contributed by atoms with E-state index in [1.54, 1.807) is 0 Å². The zero-order chi connectivity index (χ0) is 43.8. The molecule has 7 aromatic carbocycles. The molecule has 0 spiro atoms. The fourth-order valence-corrected chi connectivity index (χ4v) is 9.18. The van der Waals surface area contributed by atoms with Gasteiger partial charge in [0.25, 0.3) is 0 Å². The fraction of sp³-hybridized carbons (Fsp3) is 0.190. The Morgan fingerprint density at radius 3 is 1.71 bits per heavy atom. The second kappa shape index (κ2) is 14.8. The largest absolute Gasteiger partial charge is 0.355 e. The lowest BCUT2D eigenvalue weighted by Gasteiger charge is -2.31. The van der Waals surface area contributed by atoms with E-state index in [0.717, 1.165) is 44.5 Å². The monoisotopic (exact) mass is 819 g/mol. The van der Waals surface area contributed by atoms with E-state index in [1.165, 1.54) is 49.3 Å². The number of hydrogen-bond acceptors (Lipinski definition) is 3. The fourth-order valence-electron chi connectivity index (χ4n) is 9.18. The predicted octanol–water partition coefficient (Wildman–Crippen LogP) is 15.2. The first-order chi connectivity index (χ1) is 30.2. The summed E-state index contributed by atoms with van der Waals surface area (Å²) in [4.78, 5) is 18.8. The van der Waals surface area contributed by atoms with Crippen LogP contribution in [-0.4, -0.2) is 24.5 Å². The van der Waals surface area contributed by atoms with E-state index in [0.29, 0.717) is 17.5 Å². The highest BCUT2D eigenvalue weighted by atomic mass is 15.0. The Labute approximate surface area is 370 Å². The molecule has 0 radical (unpaired) electrons. The van der Waals surface area contributed by atoms with Crippen molar-refractivity contribution in [1.29, 1.82) is 0 Å². The summed E-state index contributed by atoms with van der Waals surface area (Å²) in [6, 6.07) is 54.4. The maximum atomic E-state index is 5.10. The van der Waals surface area contributed by atoms with Crippen LogP contribution in [-0.2, 0) is 16.2 Å². The van der Waals surface area contributed by atoms with Crippen molar-refractivity contribution in [1.82, 2.24) is 24.5 Å². The van der Waals surface area contributed by atoms with Gasteiger partial charge in [-0.05, 0) is 93.2 Å². The summed E-state index contributed by atoms with van der Waals surface area (Å²) in [5.41, 5.74) is 14.1. The van der Waals surface area contributed by atoms with Gasteiger partial charge in [-0.15, -0.1) is 0 Å². The number of hydrogen-bond donors (Lipinski definition) is 1. The van der Waals surface area contributed by atoms with Gasteiger partial charge in [0.2, 0.25) is 0 Å². The number of nitrogens with one attached hydrogen (secondary N) is 1. The van der Waals surface area contributed by atoms with Gasteiger partial charge in [-0.1, -0.05) is 165 Å². The number of benzene rings is 7. The van der Waals surface area contributed by atoms with Gasteiger partial charge in [-0.25, -0.2) is 15.0 Å². The van der Waals surface area contributed by atoms with E-state index in [4.69, 9.17) is 15.0 Å². The molecule has 0 saturated carbocycles. The SMILES string of the molecule is C=Cc1cc(-n2c3ccc(C(C)(C)C)cc3c3cc(C(C)(C)C)cc(C(C)(C)c4ccc5[nH]c6ccccc6c5c4)c32)ccc1-c1nc(-c2ccccc2)nc(-c2ccccc2)n1. The molecular weight excluding hydrogens is 767 g/mol. The summed E-state index contributed by atoms with van der Waals surface area (Å²) in [6.45, 7) is 23.0. The number of aromatic amines is 1. The lowest BCUT2D eigenvalue weighted by atomic mass is 9.74. The Morgan fingerprint density at radius 2 is 1.06 bits per heavy atom. The zero-order valence-electron chi connectivity index (χ0n) is 37.5. The van der Waals surface area contributed by atoms with Crippen molar-refractivity contribution in [3.63, 3.8) is 0 Å². The summed E-state index contributed by atoms with van der Waals surface area (Å²) < 4.78 is 2.49. The molecule has 10 rings (SSSR count). The van der Waals surface area contributed by atoms with Crippen molar-refractivity contribution in [3.8, 4) is 39.9 Å². The summed E-state index contributed by atoms with van der Waals surface area (Å²) in [7, 11) is 0. The van der Waals surface area contributed by atoms with Gasteiger partial charge < -0.3 is 9.55 Å². The van der Waals surface area contributed by atoms with E-state index in [1.807, 2.05) is 66.7 Å². The average molecular weight is 820 g/mol. The summed E-state index contributed by atoms with van der Waals surface area (Å²) in [6.07, 6.45) is 1.93. The number of nitrogens with zero attached hydrogens (tertiary/aromatic N) is 4. The lowest BCUT2D eigenvalue weighted by Crippen LogP contribution is -2.22. The summed E-state index contributed by atoms with van der Waals surface area (Å²) >= 11 is 0. The van der Waals surface area contributed by atoms with Crippen LogP contribution in [0.1, 0.15) is 83.2 Å². The minimum absolute atomic E-state index is 0.0273. The van der Waals surface area contributed by atoms with Crippen molar-refractivity contribution in [2.24, 2.45) is 0 Å². The van der Waals surface area contributed by atoms with Gasteiger partial charge in [-0.2, -0.15) is 0 Å². The first kappa shape index (κ1) is 40.0. The van der Waals surface area contributed by atoms with Gasteiger partial charge in [0.15, 0.2) is 17.5 Å². The molecule has 0 saturated heterocycles. The standard InChI is InChI=1S/C58H53N5/c1-10-36-31-42(27-28-43(36)55-61-53(37-19-13-11-14-20-37)60-54(62-55)38-21-15-12-16-22-38)63-51-30-26-39(56(2,3)4)32-46(51)47-34-41(57(5,6)7)35-48(52(47)63)58(8,9)40-25-29-50-45(33-40)44-23-17-18-24-49(44)59-50/h10-35,59H,1H2,2-9H3. The van der Waals surface area contributed by atoms with Crippen LogP contribution in [0, 0.1) is 0 Å². The minimum atomic E-state index is -0.390. The molecule has 0 atom stereocenters. The van der Waals surface area contributed by atoms with Gasteiger partial charge in [0.05, 0.1) is 11.0 Å². The molecule has 63 heavy (non-hydrogen) atoms. The molecule has 0 aliphatic heterocycles. The van der Waals surface area contributed by atoms with Crippen LogP contribution >= 0.6 is 0 Å². The molecule has 3 heterocycles. The van der Waals surface area contributed by atoms with E-state index >= 15 is 0 Å². The third-order valence-electron chi connectivity index (χ3n) is 12.9. The van der Waals surface area contributed by atoms with E-state index in [9.17, 15) is 0 Å². The van der Waals surface area contributed by atoms with Crippen LogP contribution in [0.2, 0.25) is 0 Å². The number of aromatic nitrogens is 5. The van der Waals surface area contributed by atoms with E-state index in [2.05, 4.69) is 163 Å². The highest BCUT2D eigenvalue weighted by Gasteiger charge is 2.32. The molecule has 0 bridgehead atoms. The molecule has 0 aliphatic carbocycles. The van der Waals surface area contributed by atoms with Crippen molar-refractivity contribution in [2.45, 2.75) is 71.6 Å². The highest BCUT2D eigenvalue weighted by molar-refractivity contribution is 6.12. The zero-order valence-corrected chi connectivity index (χ0v) is 37.5. The van der Waals surface area contributed by atoms with Crippen molar-refractivity contribution < 1.29 is 0 Å². The van der Waals surface area contributed by atoms with Crippen LogP contribution < -0.4 is 0 Å². The van der Waals surface area contributed by atoms with Gasteiger partial charge in [0.1, 0.15) is 0 Å². The topological polar surface area (TPSA) is 59.4 Å². The third kappa shape index (κ3) is 6.93. The lowest BCUT2D eigenvalue weighted by molar-refractivity contribution is 0.584. The maximum Gasteiger partial charge on any atom is 0.164 e. The number of fused-ring (bicyclic) bond motifs is 6. The van der Waals surface area contributed by atoms with Crippen LogP contribution in [0.5, 0.6) is 0 Å². The molecule has 5 heteroatoms. The quantitative estimate of drug-likeness (QED) is 0.174. The average Bonchev–Trinajstić information content (AvgIpc) is 3.83. The normalized spacial score (nSPS) is 12.5. The summed E-state index contributed by atoms with van der Waals surface area (Å²) in [5, 5.41) is 4.98. The first-order valence-corrected chi connectivity index (χ1v) is 22.0. The number of rotatable bonds is 7. The van der Waals surface area contributed by atoms with Gasteiger partial charge in [-0.3, -0.25) is 0 Å². The number of H-pyrrole nitrogens is 1. The molecule has 10 aromatic rings. The molecule has 5 nitrogen and oxygen atoms in total. The Kier molecular flexibility index (Phi) is 9.38. The molecule has 310 valence electrons. The Morgan fingerprint density at radius 1 is 0.492 bits per heavy atom. The van der Waals surface area contributed by atoms with Crippen molar-refractivity contribution >= 4 is 49.7 Å². The Hall–Kier alpha value is -7.11. The van der Waals surface area contributed by atoms with Gasteiger partial charge in [0, 0.05) is 60.4 Å². The van der Waals surface area contributed by atoms with Crippen LogP contribution in [0.15, 0.2) is 158 Å². The molecule has 0 amide bonds. The molecule has 0 fully saturated rings. The van der Waals surface area contributed by atoms with E-state index < -0.39 is 5.41 Å². The molecule has 0 aliphatic rings. The minimum Gasteiger partial charge on any atom is -0.355 e. The Bertz CT molecular complexity index is 3330. The Balaban J connectivity index is 1.24. The molecule has 0 unspecified atom stereocenters. The van der Waals surface area contributed by atoms with Crippen LogP contribution in [0.25, 0.3) is 89.5 Å². The summed E-state index contributed by atoms with van der Waals surface area (Å²) in [5.74, 6) is 1.86. The molecular formula is C58H53N5. The van der Waals surface area contributed by atoms with Crippen molar-refractivity contribution in [2.75, 3.05) is 0 Å².